The van der Waals surface area contributed by atoms with E-state index in [-0.39, 0.29) is 6.10 Å². The summed E-state index contributed by atoms with van der Waals surface area (Å²) in [4.78, 5) is 7.80. The van der Waals surface area contributed by atoms with Crippen molar-refractivity contribution < 1.29 is 4.74 Å². The quantitative estimate of drug-likeness (QED) is 0.944. The third-order valence-electron chi connectivity index (χ3n) is 3.59. The smallest absolute Gasteiger partial charge is 0.180 e. The van der Waals surface area contributed by atoms with Gasteiger partial charge in [0.25, 0.3) is 0 Å². The number of hydrogen-bond donors (Lipinski definition) is 1. The van der Waals surface area contributed by atoms with Crippen molar-refractivity contribution in [1.82, 2.24) is 9.88 Å². The van der Waals surface area contributed by atoms with Gasteiger partial charge in [0.15, 0.2) is 5.13 Å². The maximum atomic E-state index is 5.84. The molecule has 4 nitrogen and oxygen atoms in total. The third-order valence-corrected chi connectivity index (χ3v) is 4.40. The first-order chi connectivity index (χ1) is 9.72. The van der Waals surface area contributed by atoms with Crippen LogP contribution in [0.3, 0.4) is 0 Å². The lowest BCUT2D eigenvalue weighted by Crippen LogP contribution is -2.42. The summed E-state index contributed by atoms with van der Waals surface area (Å²) >= 11 is 1.56. The van der Waals surface area contributed by atoms with Crippen molar-refractivity contribution >= 4 is 16.5 Å². The van der Waals surface area contributed by atoms with Crippen LogP contribution in [-0.2, 0) is 11.3 Å². The molecule has 2 unspecified atom stereocenters. The molecule has 1 aliphatic heterocycles. The number of nitrogens with zero attached hydrogens (tertiary/aromatic N) is 2. The van der Waals surface area contributed by atoms with Gasteiger partial charge in [-0.3, -0.25) is 4.90 Å². The minimum atomic E-state index is 0.264. The minimum absolute atomic E-state index is 0.264. The molecule has 0 aliphatic carbocycles. The van der Waals surface area contributed by atoms with Gasteiger partial charge in [-0.15, -0.1) is 11.3 Å². The molecule has 1 saturated heterocycles. The molecule has 106 valence electrons. The number of thiazole rings is 1. The Bertz CT molecular complexity index is 557. The normalized spacial score (nSPS) is 23.9. The van der Waals surface area contributed by atoms with E-state index in [1.54, 1.807) is 11.3 Å². The largest absolute Gasteiger partial charge is 0.375 e. The van der Waals surface area contributed by atoms with Gasteiger partial charge in [-0.1, -0.05) is 30.3 Å². The number of benzene rings is 1. The topological polar surface area (TPSA) is 51.4 Å². The van der Waals surface area contributed by atoms with Gasteiger partial charge >= 0.3 is 0 Å². The molecule has 1 aromatic carbocycles. The standard InChI is InChI=1S/C15H19N3OS/c1-11-8-18(9-13-7-17-15(16)20-13)14(10-19-11)12-5-3-2-4-6-12/h2-7,11,14H,8-10H2,1H3,(H2,16,17). The van der Waals surface area contributed by atoms with E-state index in [0.29, 0.717) is 11.2 Å². The summed E-state index contributed by atoms with van der Waals surface area (Å²) < 4.78 is 5.84. The fourth-order valence-electron chi connectivity index (χ4n) is 2.62. The van der Waals surface area contributed by atoms with Crippen LogP contribution >= 0.6 is 11.3 Å². The highest BCUT2D eigenvalue weighted by atomic mass is 32.1. The van der Waals surface area contributed by atoms with Gasteiger partial charge in [0.1, 0.15) is 0 Å². The maximum Gasteiger partial charge on any atom is 0.180 e. The number of anilines is 1. The van der Waals surface area contributed by atoms with Crippen molar-refractivity contribution in [3.8, 4) is 0 Å². The van der Waals surface area contributed by atoms with E-state index in [2.05, 4.69) is 41.1 Å². The zero-order valence-electron chi connectivity index (χ0n) is 11.5. The van der Waals surface area contributed by atoms with Gasteiger partial charge in [0.05, 0.1) is 18.8 Å². The van der Waals surface area contributed by atoms with E-state index < -0.39 is 0 Å². The number of nitrogens with two attached hydrogens (primary N) is 1. The SMILES string of the molecule is CC1CN(Cc2cnc(N)s2)C(c2ccccc2)CO1. The molecule has 0 amide bonds. The molecule has 2 heterocycles. The molecule has 0 bridgehead atoms. The van der Waals surface area contributed by atoms with Crippen LogP contribution < -0.4 is 5.73 Å². The average molecular weight is 289 g/mol. The Morgan fingerprint density at radius 3 is 2.90 bits per heavy atom. The van der Waals surface area contributed by atoms with E-state index in [4.69, 9.17) is 10.5 Å². The summed E-state index contributed by atoms with van der Waals surface area (Å²) in [5.41, 5.74) is 7.02. The number of morpholine rings is 1. The Morgan fingerprint density at radius 1 is 1.40 bits per heavy atom. The first-order valence-corrected chi connectivity index (χ1v) is 7.65. The van der Waals surface area contributed by atoms with E-state index in [1.165, 1.54) is 10.4 Å². The predicted octanol–water partition coefficient (Wildman–Crippen LogP) is 2.69. The van der Waals surface area contributed by atoms with Gasteiger partial charge in [-0.25, -0.2) is 4.98 Å². The molecule has 2 aromatic rings. The maximum absolute atomic E-state index is 5.84. The predicted molar refractivity (Wildman–Crippen MR) is 81.5 cm³/mol. The second-order valence-corrected chi connectivity index (χ2v) is 6.31. The van der Waals surface area contributed by atoms with Gasteiger partial charge in [0.2, 0.25) is 0 Å². The van der Waals surface area contributed by atoms with E-state index in [1.807, 2.05) is 12.3 Å². The summed E-state index contributed by atoms with van der Waals surface area (Å²) in [7, 11) is 0. The lowest BCUT2D eigenvalue weighted by atomic mass is 10.0. The van der Waals surface area contributed by atoms with Crippen LogP contribution in [0.2, 0.25) is 0 Å². The molecule has 0 radical (unpaired) electrons. The molecule has 2 N–H and O–H groups in total. The molecule has 0 spiro atoms. The van der Waals surface area contributed by atoms with Crippen molar-refractivity contribution in [2.24, 2.45) is 0 Å². The molecule has 20 heavy (non-hydrogen) atoms. The number of ether oxygens (including phenoxy) is 1. The van der Waals surface area contributed by atoms with Crippen LogP contribution in [0.5, 0.6) is 0 Å². The fourth-order valence-corrected chi connectivity index (χ4v) is 3.33. The molecule has 3 rings (SSSR count). The van der Waals surface area contributed by atoms with Gasteiger partial charge in [-0.2, -0.15) is 0 Å². The third kappa shape index (κ3) is 3.00. The second kappa shape index (κ2) is 5.91. The Balaban J connectivity index is 1.80. The van der Waals surface area contributed by atoms with Crippen LogP contribution in [0, 0.1) is 0 Å². The summed E-state index contributed by atoms with van der Waals surface area (Å²) in [5, 5.41) is 0.637. The number of nitrogen functional groups attached to an aromatic ring is 1. The summed E-state index contributed by atoms with van der Waals surface area (Å²) in [6, 6.07) is 10.8. The number of aromatic nitrogens is 1. The Labute approximate surface area is 123 Å². The zero-order chi connectivity index (χ0) is 13.9. The fraction of sp³-hybridized carbons (Fsp3) is 0.400. The van der Waals surface area contributed by atoms with Crippen LogP contribution in [0.25, 0.3) is 0 Å². The van der Waals surface area contributed by atoms with Gasteiger partial charge in [0, 0.05) is 24.2 Å². The van der Waals surface area contributed by atoms with Crippen LogP contribution in [0.1, 0.15) is 23.4 Å². The summed E-state index contributed by atoms with van der Waals surface area (Å²) in [6.45, 7) is 4.66. The monoisotopic (exact) mass is 289 g/mol. The second-order valence-electron chi connectivity index (χ2n) is 5.16. The van der Waals surface area contributed by atoms with Crippen molar-refractivity contribution in [3.05, 3.63) is 47.0 Å². The van der Waals surface area contributed by atoms with Crippen LogP contribution in [0.15, 0.2) is 36.5 Å². The number of rotatable bonds is 3. The van der Waals surface area contributed by atoms with Crippen molar-refractivity contribution in [2.75, 3.05) is 18.9 Å². The zero-order valence-corrected chi connectivity index (χ0v) is 12.3. The molecule has 1 fully saturated rings. The number of hydrogen-bond acceptors (Lipinski definition) is 5. The Hall–Kier alpha value is -1.43. The van der Waals surface area contributed by atoms with E-state index >= 15 is 0 Å². The van der Waals surface area contributed by atoms with Crippen molar-refractivity contribution in [1.29, 1.82) is 0 Å². The molecule has 0 saturated carbocycles. The molecular weight excluding hydrogens is 270 g/mol. The van der Waals surface area contributed by atoms with Gasteiger partial charge < -0.3 is 10.5 Å². The molecule has 1 aromatic heterocycles. The lowest BCUT2D eigenvalue weighted by Gasteiger charge is -2.38. The minimum Gasteiger partial charge on any atom is -0.375 e. The van der Waals surface area contributed by atoms with Gasteiger partial charge in [-0.05, 0) is 12.5 Å². The highest BCUT2D eigenvalue weighted by Gasteiger charge is 2.28. The molecule has 2 atom stereocenters. The highest BCUT2D eigenvalue weighted by molar-refractivity contribution is 7.15. The first-order valence-electron chi connectivity index (χ1n) is 6.83. The van der Waals surface area contributed by atoms with Crippen molar-refractivity contribution in [3.63, 3.8) is 0 Å². The van der Waals surface area contributed by atoms with Crippen molar-refractivity contribution in [2.45, 2.75) is 25.6 Å². The van der Waals surface area contributed by atoms with E-state index in [9.17, 15) is 0 Å². The van der Waals surface area contributed by atoms with Crippen LogP contribution in [-0.4, -0.2) is 29.1 Å². The Morgan fingerprint density at radius 2 is 2.20 bits per heavy atom. The summed E-state index contributed by atoms with van der Waals surface area (Å²) in [5.74, 6) is 0. The summed E-state index contributed by atoms with van der Waals surface area (Å²) in [6.07, 6.45) is 2.14. The average Bonchev–Trinajstić information content (AvgIpc) is 2.85. The Kier molecular flexibility index (Phi) is 4.00. The highest BCUT2D eigenvalue weighted by Crippen LogP contribution is 2.29. The first kappa shape index (κ1) is 13.5. The lowest BCUT2D eigenvalue weighted by molar-refractivity contribution is -0.0594. The molecule has 1 aliphatic rings. The van der Waals surface area contributed by atoms with E-state index in [0.717, 1.165) is 19.7 Å². The van der Waals surface area contributed by atoms with Crippen LogP contribution in [0.4, 0.5) is 5.13 Å². The molecule has 5 heteroatoms. The molecular formula is C15H19N3OS.